The molecule has 3 aliphatic rings. The molecule has 5 nitrogen and oxygen atoms in total. The van der Waals surface area contributed by atoms with Crippen LogP contribution in [0.5, 0.6) is 11.5 Å². The van der Waals surface area contributed by atoms with Gasteiger partial charge in [-0.1, -0.05) is 6.07 Å². The fourth-order valence-corrected chi connectivity index (χ4v) is 3.70. The largest absolute Gasteiger partial charge is 0.454 e. The Kier molecular flexibility index (Phi) is 2.64. The average Bonchev–Trinajstić information content (AvgIpc) is 3.06. The zero-order valence-corrected chi connectivity index (χ0v) is 11.3. The van der Waals surface area contributed by atoms with E-state index >= 15 is 0 Å². The number of ether oxygens (including phenoxy) is 2. The zero-order valence-electron chi connectivity index (χ0n) is 11.3. The summed E-state index contributed by atoms with van der Waals surface area (Å²) in [5.41, 5.74) is 1.08. The number of carbonyl (C=O) groups excluding carboxylic acids is 3. The van der Waals surface area contributed by atoms with Gasteiger partial charge in [-0.15, -0.1) is 0 Å². The van der Waals surface area contributed by atoms with Crippen molar-refractivity contribution in [3.8, 4) is 11.5 Å². The molecule has 1 heterocycles. The number of rotatable bonds is 1. The molecule has 2 fully saturated rings. The molecule has 0 N–H and O–H groups in total. The predicted octanol–water partition coefficient (Wildman–Crippen LogP) is 1.64. The highest BCUT2D eigenvalue weighted by atomic mass is 16.7. The maximum absolute atomic E-state index is 11.9. The molecule has 0 amide bonds. The van der Waals surface area contributed by atoms with Crippen LogP contribution in [0.15, 0.2) is 18.2 Å². The average molecular weight is 286 g/mol. The summed E-state index contributed by atoms with van der Waals surface area (Å²) >= 11 is 0. The van der Waals surface area contributed by atoms with Crippen molar-refractivity contribution in [2.75, 3.05) is 6.79 Å². The molecule has 1 aliphatic heterocycles. The van der Waals surface area contributed by atoms with E-state index in [0.29, 0.717) is 12.8 Å². The number of carbonyl (C=O) groups is 3. The Morgan fingerprint density at radius 3 is 2.52 bits per heavy atom. The summed E-state index contributed by atoms with van der Waals surface area (Å²) in [7, 11) is 0. The molecular formula is C16H14O5. The lowest BCUT2D eigenvalue weighted by atomic mass is 9.73. The molecule has 3 unspecified atom stereocenters. The van der Waals surface area contributed by atoms with Crippen LogP contribution in [0.4, 0.5) is 0 Å². The number of fused-ring (bicyclic) bond motifs is 2. The van der Waals surface area contributed by atoms with Gasteiger partial charge >= 0.3 is 0 Å². The van der Waals surface area contributed by atoms with Gasteiger partial charge in [-0.25, -0.2) is 0 Å². The van der Waals surface area contributed by atoms with E-state index in [1.807, 2.05) is 18.2 Å². The number of ketones is 3. The Hall–Kier alpha value is -2.17. The van der Waals surface area contributed by atoms with Crippen molar-refractivity contribution in [3.63, 3.8) is 0 Å². The Labute approximate surface area is 121 Å². The van der Waals surface area contributed by atoms with Gasteiger partial charge in [-0.05, 0) is 42.9 Å². The summed E-state index contributed by atoms with van der Waals surface area (Å²) in [5.74, 6) is -0.928. The van der Waals surface area contributed by atoms with Crippen LogP contribution >= 0.6 is 0 Å². The molecular weight excluding hydrogens is 272 g/mol. The molecule has 3 atom stereocenters. The lowest BCUT2D eigenvalue weighted by Crippen LogP contribution is -2.26. The summed E-state index contributed by atoms with van der Waals surface area (Å²) in [6, 6.07) is 5.79. The number of hydrogen-bond donors (Lipinski definition) is 0. The number of hydrogen-bond acceptors (Lipinski definition) is 5. The minimum Gasteiger partial charge on any atom is -0.454 e. The standard InChI is InChI=1S/C16H14O5/c17-14-10-3-1-8(5-11(10)15(18)16(14)19)9-2-4-12-13(6-9)21-7-20-12/h2,4,6,8,10-11H,1,3,5,7H2. The van der Waals surface area contributed by atoms with Gasteiger partial charge in [-0.2, -0.15) is 0 Å². The topological polar surface area (TPSA) is 69.7 Å². The molecule has 0 spiro atoms. The molecule has 0 aromatic heterocycles. The van der Waals surface area contributed by atoms with E-state index in [9.17, 15) is 14.4 Å². The highest BCUT2D eigenvalue weighted by Crippen LogP contribution is 2.45. The van der Waals surface area contributed by atoms with Crippen molar-refractivity contribution in [1.82, 2.24) is 0 Å². The Balaban J connectivity index is 1.60. The predicted molar refractivity (Wildman–Crippen MR) is 71.2 cm³/mol. The third kappa shape index (κ3) is 1.80. The molecule has 1 aromatic rings. The quantitative estimate of drug-likeness (QED) is 0.734. The van der Waals surface area contributed by atoms with Crippen LogP contribution in [-0.2, 0) is 14.4 Å². The minimum atomic E-state index is -0.795. The molecule has 0 bridgehead atoms. The van der Waals surface area contributed by atoms with Gasteiger partial charge in [0, 0.05) is 11.8 Å². The summed E-state index contributed by atoms with van der Waals surface area (Å²) < 4.78 is 10.7. The molecule has 4 rings (SSSR count). The van der Waals surface area contributed by atoms with Crippen LogP contribution in [0.25, 0.3) is 0 Å². The third-order valence-electron chi connectivity index (χ3n) is 4.84. The molecule has 2 saturated carbocycles. The normalized spacial score (nSPS) is 30.7. The summed E-state index contributed by atoms with van der Waals surface area (Å²) in [5, 5.41) is 0. The van der Waals surface area contributed by atoms with E-state index < -0.39 is 23.3 Å². The second-order valence-electron chi connectivity index (χ2n) is 5.89. The number of benzene rings is 1. The third-order valence-corrected chi connectivity index (χ3v) is 4.84. The van der Waals surface area contributed by atoms with Crippen molar-refractivity contribution in [1.29, 1.82) is 0 Å². The van der Waals surface area contributed by atoms with E-state index in [1.165, 1.54) is 0 Å². The van der Waals surface area contributed by atoms with Crippen LogP contribution in [0.2, 0.25) is 0 Å². The maximum atomic E-state index is 11.9. The van der Waals surface area contributed by atoms with Crippen LogP contribution in [0.1, 0.15) is 30.7 Å². The maximum Gasteiger partial charge on any atom is 0.264 e. The van der Waals surface area contributed by atoms with Gasteiger partial charge in [0.15, 0.2) is 11.5 Å². The fraction of sp³-hybridized carbons (Fsp3) is 0.438. The Morgan fingerprint density at radius 2 is 1.67 bits per heavy atom. The van der Waals surface area contributed by atoms with Crippen LogP contribution in [-0.4, -0.2) is 24.1 Å². The van der Waals surface area contributed by atoms with E-state index in [0.717, 1.165) is 23.5 Å². The SMILES string of the molecule is O=C1C(=O)C2CCC(c3ccc4c(c3)OCO4)CC2C1=O. The first-order valence-corrected chi connectivity index (χ1v) is 7.17. The molecule has 0 radical (unpaired) electrons. The first kappa shape index (κ1) is 12.6. The van der Waals surface area contributed by atoms with Gasteiger partial charge in [0.1, 0.15) is 0 Å². The lowest BCUT2D eigenvalue weighted by Gasteiger charge is -2.29. The van der Waals surface area contributed by atoms with E-state index in [-0.39, 0.29) is 18.6 Å². The van der Waals surface area contributed by atoms with E-state index in [2.05, 4.69) is 0 Å². The van der Waals surface area contributed by atoms with Gasteiger partial charge < -0.3 is 9.47 Å². The molecule has 5 heteroatoms. The fourth-order valence-electron chi connectivity index (χ4n) is 3.70. The first-order chi connectivity index (χ1) is 10.1. The van der Waals surface area contributed by atoms with Crippen LogP contribution in [0.3, 0.4) is 0 Å². The Bertz CT molecular complexity index is 663. The van der Waals surface area contributed by atoms with Gasteiger partial charge in [0.05, 0.1) is 0 Å². The second kappa shape index (κ2) is 4.41. The molecule has 2 aliphatic carbocycles. The highest BCUT2D eigenvalue weighted by Gasteiger charge is 2.51. The van der Waals surface area contributed by atoms with Crippen molar-refractivity contribution in [3.05, 3.63) is 23.8 Å². The monoisotopic (exact) mass is 286 g/mol. The van der Waals surface area contributed by atoms with Crippen LogP contribution < -0.4 is 9.47 Å². The van der Waals surface area contributed by atoms with E-state index in [4.69, 9.17) is 9.47 Å². The van der Waals surface area contributed by atoms with Gasteiger partial charge in [0.25, 0.3) is 5.78 Å². The smallest absolute Gasteiger partial charge is 0.264 e. The van der Waals surface area contributed by atoms with Crippen molar-refractivity contribution >= 4 is 17.3 Å². The first-order valence-electron chi connectivity index (χ1n) is 7.17. The summed E-state index contributed by atoms with van der Waals surface area (Å²) in [6.45, 7) is 0.232. The Morgan fingerprint density at radius 1 is 0.905 bits per heavy atom. The molecule has 1 aromatic carbocycles. The van der Waals surface area contributed by atoms with Crippen molar-refractivity contribution in [2.24, 2.45) is 11.8 Å². The van der Waals surface area contributed by atoms with Crippen LogP contribution in [0, 0.1) is 11.8 Å². The molecule has 108 valence electrons. The number of Topliss-reactive ketones (excluding diaryl/α,β-unsaturated/α-hetero) is 3. The second-order valence-corrected chi connectivity index (χ2v) is 5.89. The highest BCUT2D eigenvalue weighted by molar-refractivity contribution is 6.68. The van der Waals surface area contributed by atoms with E-state index in [1.54, 1.807) is 0 Å². The van der Waals surface area contributed by atoms with Gasteiger partial charge in [0.2, 0.25) is 18.4 Å². The zero-order chi connectivity index (χ0) is 14.6. The summed E-state index contributed by atoms with van der Waals surface area (Å²) in [6.07, 6.45) is 1.99. The van der Waals surface area contributed by atoms with Crippen molar-refractivity contribution < 1.29 is 23.9 Å². The van der Waals surface area contributed by atoms with Gasteiger partial charge in [-0.3, -0.25) is 14.4 Å². The lowest BCUT2D eigenvalue weighted by molar-refractivity contribution is -0.141. The van der Waals surface area contributed by atoms with Crippen molar-refractivity contribution in [2.45, 2.75) is 25.2 Å². The minimum absolute atomic E-state index is 0.184. The molecule has 0 saturated heterocycles. The summed E-state index contributed by atoms with van der Waals surface area (Å²) in [4.78, 5) is 35.2. The molecule has 21 heavy (non-hydrogen) atoms.